The van der Waals surface area contributed by atoms with Gasteiger partial charge in [0.15, 0.2) is 0 Å². The molecule has 1 unspecified atom stereocenters. The summed E-state index contributed by atoms with van der Waals surface area (Å²) in [6.07, 6.45) is 1.65. The lowest BCUT2D eigenvalue weighted by Crippen LogP contribution is -2.51. The zero-order valence-corrected chi connectivity index (χ0v) is 21.9. The summed E-state index contributed by atoms with van der Waals surface area (Å²) >= 11 is 6.26. The minimum absolute atomic E-state index is 0.0941. The summed E-state index contributed by atoms with van der Waals surface area (Å²) < 4.78 is 13.5. The number of nitrogens with one attached hydrogen (secondary N) is 1. The Morgan fingerprint density at radius 3 is 2.43 bits per heavy atom. The van der Waals surface area contributed by atoms with E-state index in [4.69, 9.17) is 11.6 Å². The van der Waals surface area contributed by atoms with Gasteiger partial charge >= 0.3 is 0 Å². The maximum Gasteiger partial charge on any atom is 0.251 e. The molecule has 0 bridgehead atoms. The van der Waals surface area contributed by atoms with Crippen molar-refractivity contribution in [3.63, 3.8) is 0 Å². The van der Waals surface area contributed by atoms with Crippen LogP contribution in [0.1, 0.15) is 53.7 Å². The topological polar surface area (TPSA) is 52.7 Å². The van der Waals surface area contributed by atoms with Crippen molar-refractivity contribution < 1.29 is 14.0 Å². The number of hydrogen-bond donors (Lipinski definition) is 1. The number of rotatable bonds is 5. The Balaban J connectivity index is 1.45. The van der Waals surface area contributed by atoms with Gasteiger partial charge in [-0.15, -0.1) is 0 Å². The minimum atomic E-state index is -0.251. The monoisotopic (exact) mass is 519 g/mol. The number of piperidine rings is 1. The number of anilines is 1. The molecule has 192 valence electrons. The molecule has 0 saturated carbocycles. The van der Waals surface area contributed by atoms with Crippen LogP contribution in [0.5, 0.6) is 0 Å². The summed E-state index contributed by atoms with van der Waals surface area (Å²) in [6, 6.07) is 20.2. The quantitative estimate of drug-likeness (QED) is 0.470. The zero-order valence-electron chi connectivity index (χ0n) is 21.1. The second kappa shape index (κ2) is 10.2. The van der Waals surface area contributed by atoms with Crippen LogP contribution >= 0.6 is 11.6 Å². The fraction of sp³-hybridized carbons (Fsp3) is 0.333. The van der Waals surface area contributed by atoms with Crippen molar-refractivity contribution in [1.29, 1.82) is 0 Å². The molecule has 2 heterocycles. The van der Waals surface area contributed by atoms with Crippen molar-refractivity contribution in [2.24, 2.45) is 0 Å². The maximum atomic E-state index is 13.5. The minimum Gasteiger partial charge on any atom is -0.363 e. The molecule has 1 atom stereocenters. The Kier molecular flexibility index (Phi) is 6.95. The predicted molar refractivity (Wildman–Crippen MR) is 144 cm³/mol. The number of benzene rings is 3. The fourth-order valence-electron chi connectivity index (χ4n) is 5.89. The fourth-order valence-corrected chi connectivity index (χ4v) is 6.10. The van der Waals surface area contributed by atoms with Crippen LogP contribution < -0.4 is 10.2 Å². The zero-order chi connectivity index (χ0) is 26.2. The van der Waals surface area contributed by atoms with Gasteiger partial charge in [0, 0.05) is 60.8 Å². The first-order valence-corrected chi connectivity index (χ1v) is 13.1. The third-order valence-electron chi connectivity index (χ3n) is 8.14. The summed E-state index contributed by atoms with van der Waals surface area (Å²) in [5.41, 5.74) is 4.56. The first kappa shape index (κ1) is 25.3. The van der Waals surface area contributed by atoms with Gasteiger partial charge < -0.3 is 15.1 Å². The summed E-state index contributed by atoms with van der Waals surface area (Å²) in [4.78, 5) is 29.5. The van der Waals surface area contributed by atoms with Gasteiger partial charge in [-0.25, -0.2) is 4.39 Å². The molecule has 2 amide bonds. The molecule has 37 heavy (non-hydrogen) atoms. The standard InChI is InChI=1S/C30H31ClFN3O2/c1-20-30(13-15-34(16-14-30)21(2)36)26-17-23(29(37)33-18-24-5-3-4-6-27(24)31)9-12-28(26)35(20)19-22-7-10-25(32)11-8-22/h3-12,17,20H,13-16,18-19H2,1-2H3,(H,33,37). The van der Waals surface area contributed by atoms with Crippen LogP contribution in [0, 0.1) is 5.82 Å². The lowest BCUT2D eigenvalue weighted by molar-refractivity contribution is -0.130. The molecule has 1 spiro atoms. The van der Waals surface area contributed by atoms with Gasteiger partial charge in [0.2, 0.25) is 5.91 Å². The Hall–Kier alpha value is -3.38. The lowest BCUT2D eigenvalue weighted by Gasteiger charge is -2.43. The number of amides is 2. The van der Waals surface area contributed by atoms with E-state index in [0.29, 0.717) is 36.8 Å². The van der Waals surface area contributed by atoms with E-state index in [1.165, 1.54) is 12.1 Å². The molecule has 1 saturated heterocycles. The van der Waals surface area contributed by atoms with Crippen LogP contribution in [-0.2, 0) is 23.3 Å². The van der Waals surface area contributed by atoms with Crippen LogP contribution in [0.25, 0.3) is 0 Å². The van der Waals surface area contributed by atoms with E-state index < -0.39 is 0 Å². The Labute approximate surface area is 222 Å². The smallest absolute Gasteiger partial charge is 0.251 e. The summed E-state index contributed by atoms with van der Waals surface area (Å²) in [5.74, 6) is -0.306. The van der Waals surface area contributed by atoms with Gasteiger partial charge in [-0.05, 0) is 72.9 Å². The van der Waals surface area contributed by atoms with Gasteiger partial charge in [-0.3, -0.25) is 9.59 Å². The van der Waals surface area contributed by atoms with Crippen LogP contribution in [0.4, 0.5) is 10.1 Å². The molecule has 0 aliphatic carbocycles. The van der Waals surface area contributed by atoms with E-state index in [9.17, 15) is 14.0 Å². The molecule has 7 heteroatoms. The summed E-state index contributed by atoms with van der Waals surface area (Å²) in [6.45, 7) is 6.21. The molecule has 5 rings (SSSR count). The second-order valence-corrected chi connectivity index (χ2v) is 10.5. The summed E-state index contributed by atoms with van der Waals surface area (Å²) in [7, 11) is 0. The van der Waals surface area contributed by atoms with E-state index in [0.717, 1.165) is 35.2 Å². The highest BCUT2D eigenvalue weighted by molar-refractivity contribution is 6.31. The first-order valence-electron chi connectivity index (χ1n) is 12.7. The van der Waals surface area contributed by atoms with Crippen molar-refractivity contribution >= 4 is 29.1 Å². The van der Waals surface area contributed by atoms with E-state index in [1.807, 2.05) is 59.5 Å². The van der Waals surface area contributed by atoms with Crippen LogP contribution in [0.2, 0.25) is 5.02 Å². The van der Waals surface area contributed by atoms with Crippen molar-refractivity contribution in [1.82, 2.24) is 10.2 Å². The van der Waals surface area contributed by atoms with Gasteiger partial charge in [0.25, 0.3) is 5.91 Å². The van der Waals surface area contributed by atoms with Gasteiger partial charge in [0.05, 0.1) is 0 Å². The van der Waals surface area contributed by atoms with E-state index in [-0.39, 0.29) is 29.1 Å². The van der Waals surface area contributed by atoms with Crippen LogP contribution in [0.15, 0.2) is 66.7 Å². The Morgan fingerprint density at radius 2 is 1.76 bits per heavy atom. The number of carbonyl (C=O) groups is 2. The van der Waals surface area contributed by atoms with Crippen molar-refractivity contribution in [3.05, 3.63) is 99.8 Å². The maximum absolute atomic E-state index is 13.5. The number of hydrogen-bond acceptors (Lipinski definition) is 3. The van der Waals surface area contributed by atoms with Crippen molar-refractivity contribution in [2.45, 2.75) is 51.2 Å². The number of halogens is 2. The molecule has 1 N–H and O–H groups in total. The molecule has 3 aromatic rings. The van der Waals surface area contributed by atoms with Crippen molar-refractivity contribution in [3.8, 4) is 0 Å². The van der Waals surface area contributed by atoms with Crippen LogP contribution in [0.3, 0.4) is 0 Å². The highest BCUT2D eigenvalue weighted by Crippen LogP contribution is 2.52. The first-order chi connectivity index (χ1) is 17.8. The van der Waals surface area contributed by atoms with E-state index in [2.05, 4.69) is 17.1 Å². The number of carbonyl (C=O) groups excluding carboxylic acids is 2. The highest BCUT2D eigenvalue weighted by atomic mass is 35.5. The molecule has 5 nitrogen and oxygen atoms in total. The second-order valence-electron chi connectivity index (χ2n) is 10.1. The SMILES string of the molecule is CC(=O)N1CCC2(CC1)c1cc(C(=O)NCc3ccccc3Cl)ccc1N(Cc1ccc(F)cc1)C2C. The predicted octanol–water partition coefficient (Wildman–Crippen LogP) is 5.70. The van der Waals surface area contributed by atoms with Crippen LogP contribution in [-0.4, -0.2) is 35.8 Å². The molecular weight excluding hydrogens is 489 g/mol. The number of likely N-dealkylation sites (tertiary alicyclic amines) is 1. The Morgan fingerprint density at radius 1 is 1.05 bits per heavy atom. The third kappa shape index (κ3) is 4.82. The number of fused-ring (bicyclic) bond motifs is 2. The average Bonchev–Trinajstić information content (AvgIpc) is 3.11. The average molecular weight is 520 g/mol. The van der Waals surface area contributed by atoms with E-state index >= 15 is 0 Å². The molecule has 2 aliphatic heterocycles. The molecule has 0 radical (unpaired) electrons. The molecule has 0 aromatic heterocycles. The Bertz CT molecular complexity index is 1320. The number of nitrogens with zero attached hydrogens (tertiary/aromatic N) is 2. The molecule has 2 aliphatic rings. The normalized spacial score (nSPS) is 18.1. The van der Waals surface area contributed by atoms with Gasteiger partial charge in [-0.1, -0.05) is 41.9 Å². The van der Waals surface area contributed by atoms with E-state index in [1.54, 1.807) is 6.92 Å². The third-order valence-corrected chi connectivity index (χ3v) is 8.50. The van der Waals surface area contributed by atoms with Gasteiger partial charge in [-0.2, -0.15) is 0 Å². The largest absolute Gasteiger partial charge is 0.363 e. The highest BCUT2D eigenvalue weighted by Gasteiger charge is 2.50. The molecular formula is C30H31ClFN3O2. The van der Waals surface area contributed by atoms with Crippen molar-refractivity contribution in [2.75, 3.05) is 18.0 Å². The lowest BCUT2D eigenvalue weighted by atomic mass is 9.69. The van der Waals surface area contributed by atoms with Gasteiger partial charge in [0.1, 0.15) is 5.82 Å². The molecule has 3 aromatic carbocycles. The molecule has 1 fully saturated rings. The summed E-state index contributed by atoms with van der Waals surface area (Å²) in [5, 5.41) is 3.63.